The van der Waals surface area contributed by atoms with Gasteiger partial charge >= 0.3 is 0 Å². The van der Waals surface area contributed by atoms with Gasteiger partial charge in [0.2, 0.25) is 0 Å². The molecule has 0 radical (unpaired) electrons. The predicted octanol–water partition coefficient (Wildman–Crippen LogP) is 2.10. The fourth-order valence-corrected chi connectivity index (χ4v) is 1.94. The Bertz CT molecular complexity index is 290. The molecule has 15 heavy (non-hydrogen) atoms. The Kier molecular flexibility index (Phi) is 3.80. The van der Waals surface area contributed by atoms with Crippen LogP contribution in [0.15, 0.2) is 16.7 Å². The van der Waals surface area contributed by atoms with Crippen molar-refractivity contribution in [3.8, 4) is 0 Å². The summed E-state index contributed by atoms with van der Waals surface area (Å²) in [5, 5.41) is 3.42. The van der Waals surface area contributed by atoms with E-state index in [1.165, 1.54) is 18.4 Å². The normalized spacial score (nSPS) is 21.8. The van der Waals surface area contributed by atoms with E-state index in [0.29, 0.717) is 5.92 Å². The summed E-state index contributed by atoms with van der Waals surface area (Å²) in [5.41, 5.74) is 1.22. The molecule has 3 heteroatoms. The molecule has 1 N–H and O–H groups in total. The molecule has 1 fully saturated rings. The van der Waals surface area contributed by atoms with Crippen LogP contribution in [0.1, 0.15) is 24.2 Å². The lowest BCUT2D eigenvalue weighted by Gasteiger charge is -2.22. The molecule has 1 atom stereocenters. The van der Waals surface area contributed by atoms with Crippen molar-refractivity contribution in [2.24, 2.45) is 5.92 Å². The lowest BCUT2D eigenvalue weighted by molar-refractivity contribution is 0.0546. The van der Waals surface area contributed by atoms with Crippen LogP contribution in [-0.2, 0) is 11.3 Å². The van der Waals surface area contributed by atoms with E-state index in [1.807, 2.05) is 6.07 Å². The smallest absolute Gasteiger partial charge is 0.120 e. The number of nitrogens with one attached hydrogen (secondary N) is 1. The molecule has 1 aromatic rings. The predicted molar refractivity (Wildman–Crippen MR) is 58.7 cm³/mol. The van der Waals surface area contributed by atoms with E-state index in [0.717, 1.165) is 32.1 Å². The summed E-state index contributed by atoms with van der Waals surface area (Å²) in [6.07, 6.45) is 4.23. The molecule has 1 aliphatic rings. The zero-order chi connectivity index (χ0) is 10.5. The third kappa shape index (κ3) is 3.08. The van der Waals surface area contributed by atoms with Gasteiger partial charge < -0.3 is 14.5 Å². The summed E-state index contributed by atoms with van der Waals surface area (Å²) < 4.78 is 10.8. The number of furan rings is 1. The molecule has 1 saturated heterocycles. The van der Waals surface area contributed by atoms with Crippen LogP contribution in [0.4, 0.5) is 0 Å². The van der Waals surface area contributed by atoms with Crippen LogP contribution in [0.3, 0.4) is 0 Å². The molecule has 1 unspecified atom stereocenters. The average molecular weight is 209 g/mol. The van der Waals surface area contributed by atoms with Crippen LogP contribution in [0.2, 0.25) is 0 Å². The molecule has 0 aliphatic carbocycles. The number of hydrogen-bond donors (Lipinski definition) is 1. The first-order valence-corrected chi connectivity index (χ1v) is 5.67. The SMILES string of the molecule is Cc1ccoc1CNCC1CCCOC1. The van der Waals surface area contributed by atoms with Crippen molar-refractivity contribution in [3.05, 3.63) is 23.7 Å². The fraction of sp³-hybridized carbons (Fsp3) is 0.667. The zero-order valence-corrected chi connectivity index (χ0v) is 9.29. The van der Waals surface area contributed by atoms with Gasteiger partial charge in [-0.25, -0.2) is 0 Å². The maximum absolute atomic E-state index is 5.43. The minimum absolute atomic E-state index is 0.675. The number of hydrogen-bond acceptors (Lipinski definition) is 3. The van der Waals surface area contributed by atoms with Crippen molar-refractivity contribution in [3.63, 3.8) is 0 Å². The van der Waals surface area contributed by atoms with Crippen molar-refractivity contribution < 1.29 is 9.15 Å². The fourth-order valence-electron chi connectivity index (χ4n) is 1.94. The summed E-state index contributed by atoms with van der Waals surface area (Å²) >= 11 is 0. The second-order valence-electron chi connectivity index (χ2n) is 4.24. The summed E-state index contributed by atoms with van der Waals surface area (Å²) in [6, 6.07) is 2.00. The first-order chi connectivity index (χ1) is 7.36. The van der Waals surface area contributed by atoms with Gasteiger partial charge in [0, 0.05) is 13.2 Å². The highest BCUT2D eigenvalue weighted by atomic mass is 16.5. The highest BCUT2D eigenvalue weighted by Gasteiger charge is 2.13. The van der Waals surface area contributed by atoms with Crippen LogP contribution in [0.25, 0.3) is 0 Å². The molecule has 0 spiro atoms. The van der Waals surface area contributed by atoms with Crippen LogP contribution < -0.4 is 5.32 Å². The van der Waals surface area contributed by atoms with E-state index in [9.17, 15) is 0 Å². The van der Waals surface area contributed by atoms with E-state index in [1.54, 1.807) is 6.26 Å². The van der Waals surface area contributed by atoms with Gasteiger partial charge in [0.05, 0.1) is 19.4 Å². The second kappa shape index (κ2) is 5.33. The van der Waals surface area contributed by atoms with E-state index < -0.39 is 0 Å². The summed E-state index contributed by atoms with van der Waals surface area (Å²) in [7, 11) is 0. The number of aryl methyl sites for hydroxylation is 1. The molecule has 84 valence electrons. The van der Waals surface area contributed by atoms with Crippen LogP contribution in [0, 0.1) is 12.8 Å². The molecule has 0 saturated carbocycles. The lowest BCUT2D eigenvalue weighted by atomic mass is 10.0. The third-order valence-corrected chi connectivity index (χ3v) is 2.94. The molecule has 0 bridgehead atoms. The van der Waals surface area contributed by atoms with Gasteiger partial charge in [0.25, 0.3) is 0 Å². The van der Waals surface area contributed by atoms with E-state index in [-0.39, 0.29) is 0 Å². The maximum atomic E-state index is 5.43. The van der Waals surface area contributed by atoms with Gasteiger partial charge in [-0.15, -0.1) is 0 Å². The minimum atomic E-state index is 0.675. The summed E-state index contributed by atoms with van der Waals surface area (Å²) in [4.78, 5) is 0. The van der Waals surface area contributed by atoms with Crippen molar-refractivity contribution in [1.29, 1.82) is 0 Å². The van der Waals surface area contributed by atoms with Gasteiger partial charge in [0.1, 0.15) is 5.76 Å². The van der Waals surface area contributed by atoms with Gasteiger partial charge in [-0.1, -0.05) is 0 Å². The molecule has 2 rings (SSSR count). The monoisotopic (exact) mass is 209 g/mol. The van der Waals surface area contributed by atoms with Crippen LogP contribution in [0.5, 0.6) is 0 Å². The van der Waals surface area contributed by atoms with E-state index in [4.69, 9.17) is 9.15 Å². The van der Waals surface area contributed by atoms with Gasteiger partial charge in [0.15, 0.2) is 0 Å². The van der Waals surface area contributed by atoms with Crippen molar-refractivity contribution in [2.75, 3.05) is 19.8 Å². The largest absolute Gasteiger partial charge is 0.468 e. The lowest BCUT2D eigenvalue weighted by Crippen LogP contribution is -2.28. The highest BCUT2D eigenvalue weighted by molar-refractivity contribution is 5.13. The number of ether oxygens (including phenoxy) is 1. The first-order valence-electron chi connectivity index (χ1n) is 5.67. The van der Waals surface area contributed by atoms with E-state index in [2.05, 4.69) is 12.2 Å². The van der Waals surface area contributed by atoms with Crippen molar-refractivity contribution in [2.45, 2.75) is 26.3 Å². The van der Waals surface area contributed by atoms with Gasteiger partial charge in [-0.2, -0.15) is 0 Å². The summed E-state index contributed by atoms with van der Waals surface area (Å²) in [5.74, 6) is 1.72. The Hall–Kier alpha value is -0.800. The summed E-state index contributed by atoms with van der Waals surface area (Å²) in [6.45, 7) is 5.78. The second-order valence-corrected chi connectivity index (χ2v) is 4.24. The maximum Gasteiger partial charge on any atom is 0.120 e. The minimum Gasteiger partial charge on any atom is -0.468 e. The average Bonchev–Trinajstić information content (AvgIpc) is 2.66. The molecular formula is C12H19NO2. The highest BCUT2D eigenvalue weighted by Crippen LogP contribution is 2.13. The topological polar surface area (TPSA) is 34.4 Å². The standard InChI is InChI=1S/C12H19NO2/c1-10-4-6-15-12(10)8-13-7-11-3-2-5-14-9-11/h4,6,11,13H,2-3,5,7-9H2,1H3. The van der Waals surface area contributed by atoms with Crippen LogP contribution >= 0.6 is 0 Å². The number of rotatable bonds is 4. The molecule has 0 amide bonds. The molecule has 0 aromatic carbocycles. The Morgan fingerprint density at radius 2 is 2.47 bits per heavy atom. The molecule has 3 nitrogen and oxygen atoms in total. The molecule has 1 aliphatic heterocycles. The Morgan fingerprint density at radius 3 is 3.13 bits per heavy atom. The van der Waals surface area contributed by atoms with Crippen LogP contribution in [-0.4, -0.2) is 19.8 Å². The Balaban J connectivity index is 1.68. The molecule has 2 heterocycles. The molecule has 1 aromatic heterocycles. The van der Waals surface area contributed by atoms with Gasteiger partial charge in [-0.05, 0) is 37.3 Å². The van der Waals surface area contributed by atoms with E-state index >= 15 is 0 Å². The Labute approximate surface area is 90.8 Å². The molecular weight excluding hydrogens is 190 g/mol. The Morgan fingerprint density at radius 1 is 1.53 bits per heavy atom. The zero-order valence-electron chi connectivity index (χ0n) is 9.29. The quantitative estimate of drug-likeness (QED) is 0.824. The van der Waals surface area contributed by atoms with Crippen molar-refractivity contribution >= 4 is 0 Å². The van der Waals surface area contributed by atoms with Crippen molar-refractivity contribution in [1.82, 2.24) is 5.32 Å². The van der Waals surface area contributed by atoms with Gasteiger partial charge in [-0.3, -0.25) is 0 Å². The third-order valence-electron chi connectivity index (χ3n) is 2.94. The first kappa shape index (κ1) is 10.7.